The van der Waals surface area contributed by atoms with Crippen LogP contribution in [0, 0.1) is 12.5 Å². The molecule has 1 fully saturated rings. The molecule has 1 atom stereocenters. The fraction of sp³-hybridized carbons (Fsp3) is 0.500. The monoisotopic (exact) mass is 400 g/mol. The van der Waals surface area contributed by atoms with E-state index < -0.39 is 6.04 Å². The molecule has 0 saturated carbocycles. The van der Waals surface area contributed by atoms with Crippen LogP contribution in [0.2, 0.25) is 0 Å². The Morgan fingerprint density at radius 3 is 2.72 bits per heavy atom. The van der Waals surface area contributed by atoms with Crippen LogP contribution < -0.4 is 9.64 Å². The summed E-state index contributed by atoms with van der Waals surface area (Å²) in [5.41, 5.74) is 9.70. The van der Waals surface area contributed by atoms with Gasteiger partial charge in [0.05, 0.1) is 18.9 Å². The predicted octanol–water partition coefficient (Wildman–Crippen LogP) is 2.39. The maximum absolute atomic E-state index is 10.3. The third-order valence-electron chi connectivity index (χ3n) is 4.80. The number of phenols is 1. The van der Waals surface area contributed by atoms with Gasteiger partial charge in [-0.05, 0) is 19.1 Å². The average Bonchev–Trinajstić information content (AvgIpc) is 2.72. The highest BCUT2D eigenvalue weighted by atomic mass is 16.5. The minimum Gasteiger partial charge on any atom is -0.508 e. The molecule has 2 heterocycles. The lowest BCUT2D eigenvalue weighted by molar-refractivity contribution is 0.0317. The number of anilines is 1. The zero-order chi connectivity index (χ0) is 20.8. The number of nitrogens with one attached hydrogen (secondary N) is 1. The summed E-state index contributed by atoms with van der Waals surface area (Å²) in [5.74, 6) is 0.730. The molecule has 1 aromatic heterocycles. The van der Waals surface area contributed by atoms with E-state index in [9.17, 15) is 5.11 Å². The summed E-state index contributed by atoms with van der Waals surface area (Å²) in [5, 5.41) is 14.0. The molecule has 156 valence electrons. The Hall–Kier alpha value is -2.78. The number of hydrogen-bond donors (Lipinski definition) is 2. The number of hydrogen-bond acceptors (Lipinski definition) is 9. The zero-order valence-corrected chi connectivity index (χ0v) is 17.1. The van der Waals surface area contributed by atoms with Gasteiger partial charge in [-0.2, -0.15) is 15.1 Å². The van der Waals surface area contributed by atoms with Crippen LogP contribution in [0.5, 0.6) is 11.8 Å². The summed E-state index contributed by atoms with van der Waals surface area (Å²) in [7, 11) is 3.75. The van der Waals surface area contributed by atoms with Crippen molar-refractivity contribution < 1.29 is 14.6 Å². The number of aromatic hydroxyl groups is 1. The normalized spacial score (nSPS) is 15.7. The van der Waals surface area contributed by atoms with Crippen molar-refractivity contribution in [3.05, 3.63) is 41.1 Å². The number of benzene rings is 1. The Morgan fingerprint density at radius 2 is 2.03 bits per heavy atom. The highest BCUT2D eigenvalue weighted by molar-refractivity contribution is 5.46. The Bertz CT molecular complexity index is 839. The van der Waals surface area contributed by atoms with Gasteiger partial charge in [0.25, 0.3) is 0 Å². The van der Waals surface area contributed by atoms with Gasteiger partial charge in [0, 0.05) is 45.4 Å². The van der Waals surface area contributed by atoms with Gasteiger partial charge in [-0.25, -0.2) is 5.53 Å². The summed E-state index contributed by atoms with van der Waals surface area (Å²) < 4.78 is 11.2. The van der Waals surface area contributed by atoms with E-state index in [1.165, 1.54) is 0 Å². The van der Waals surface area contributed by atoms with Crippen LogP contribution in [0.1, 0.15) is 22.9 Å². The van der Waals surface area contributed by atoms with Crippen molar-refractivity contribution in [3.63, 3.8) is 0 Å². The Morgan fingerprint density at radius 1 is 1.28 bits per heavy atom. The lowest BCUT2D eigenvalue weighted by Crippen LogP contribution is -2.38. The summed E-state index contributed by atoms with van der Waals surface area (Å²) in [6.45, 7) is 6.40. The van der Waals surface area contributed by atoms with E-state index in [1.807, 2.05) is 38.1 Å². The molecule has 0 amide bonds. The molecule has 1 aliphatic rings. The first-order valence-electron chi connectivity index (χ1n) is 9.63. The van der Waals surface area contributed by atoms with Gasteiger partial charge in [0.1, 0.15) is 24.2 Å². The molecule has 1 saturated heterocycles. The van der Waals surface area contributed by atoms with E-state index >= 15 is 0 Å². The van der Waals surface area contributed by atoms with Crippen LogP contribution in [0.25, 0.3) is 0 Å². The van der Waals surface area contributed by atoms with Gasteiger partial charge in [-0.1, -0.05) is 11.6 Å². The second-order valence-electron chi connectivity index (χ2n) is 7.22. The maximum Gasteiger partial charge on any atom is 0.318 e. The number of rotatable bonds is 8. The first-order chi connectivity index (χ1) is 14.0. The van der Waals surface area contributed by atoms with E-state index in [0.717, 1.165) is 38.4 Å². The van der Waals surface area contributed by atoms with E-state index in [1.54, 1.807) is 12.1 Å². The van der Waals surface area contributed by atoms with Gasteiger partial charge >= 0.3 is 6.01 Å². The third-order valence-corrected chi connectivity index (χ3v) is 4.80. The van der Waals surface area contributed by atoms with Crippen molar-refractivity contribution in [1.29, 1.82) is 5.53 Å². The summed E-state index contributed by atoms with van der Waals surface area (Å²) in [6.07, 6.45) is 0. The summed E-state index contributed by atoms with van der Waals surface area (Å²) in [4.78, 5) is 13.1. The molecule has 1 aliphatic heterocycles. The van der Waals surface area contributed by atoms with Crippen LogP contribution in [-0.4, -0.2) is 73.5 Å². The van der Waals surface area contributed by atoms with Gasteiger partial charge in [-0.15, -0.1) is 0 Å². The molecule has 2 N–H and O–H groups in total. The van der Waals surface area contributed by atoms with Crippen molar-refractivity contribution in [1.82, 2.24) is 14.9 Å². The topological polar surface area (TPSA) is 107 Å². The van der Waals surface area contributed by atoms with Crippen molar-refractivity contribution in [2.75, 3.05) is 58.5 Å². The molecule has 3 rings (SSSR count). The number of nitrogens with zero attached hydrogens (tertiary/aromatic N) is 5. The average molecular weight is 400 g/mol. The molecule has 1 aromatic carbocycles. The standard InChI is InChI=1S/C20H28N6O3/c1-14-4-5-17(27)15(12-14)19(24-21)16-13-18(25(2)3)23-20(22-16)29-11-8-26-6-9-28-10-7-26/h4-5,12-13,19,21,27H,6-11H2,1-3H3. The Balaban J connectivity index is 1.83. The molecule has 1 unspecified atom stereocenters. The fourth-order valence-corrected chi connectivity index (χ4v) is 3.14. The summed E-state index contributed by atoms with van der Waals surface area (Å²) >= 11 is 0. The number of aromatic nitrogens is 2. The lowest BCUT2D eigenvalue weighted by atomic mass is 10.0. The van der Waals surface area contributed by atoms with Gasteiger partial charge in [0.15, 0.2) is 0 Å². The molecule has 2 aromatic rings. The number of phenolic OH excluding ortho intramolecular Hbond substituents is 1. The smallest absolute Gasteiger partial charge is 0.318 e. The van der Waals surface area contributed by atoms with Crippen molar-refractivity contribution >= 4 is 5.82 Å². The van der Waals surface area contributed by atoms with Crippen LogP contribution in [0.4, 0.5) is 5.82 Å². The van der Waals surface area contributed by atoms with Gasteiger partial charge in [-0.3, -0.25) is 4.90 Å². The molecule has 29 heavy (non-hydrogen) atoms. The second-order valence-corrected chi connectivity index (χ2v) is 7.22. The molecule has 0 radical (unpaired) electrons. The molecule has 9 heteroatoms. The molecule has 0 spiro atoms. The van der Waals surface area contributed by atoms with Crippen LogP contribution in [0.3, 0.4) is 0 Å². The van der Waals surface area contributed by atoms with Gasteiger partial charge in [0.2, 0.25) is 0 Å². The maximum atomic E-state index is 10.3. The number of morpholine rings is 1. The molecule has 0 bridgehead atoms. The lowest BCUT2D eigenvalue weighted by Gasteiger charge is -2.26. The van der Waals surface area contributed by atoms with E-state index in [-0.39, 0.29) is 11.8 Å². The quantitative estimate of drug-likeness (QED) is 0.655. The Kier molecular flexibility index (Phi) is 6.95. The van der Waals surface area contributed by atoms with E-state index in [4.69, 9.17) is 15.0 Å². The second kappa shape index (κ2) is 9.62. The first-order valence-corrected chi connectivity index (χ1v) is 9.63. The minimum atomic E-state index is -0.738. The van der Waals surface area contributed by atoms with Crippen molar-refractivity contribution in [2.24, 2.45) is 5.11 Å². The van der Waals surface area contributed by atoms with Crippen LogP contribution >= 0.6 is 0 Å². The van der Waals surface area contributed by atoms with Crippen LogP contribution in [-0.2, 0) is 4.74 Å². The molecular weight excluding hydrogens is 372 g/mol. The Labute approximate surface area is 170 Å². The number of ether oxygens (including phenoxy) is 2. The molecular formula is C20H28N6O3. The minimum absolute atomic E-state index is 0.0800. The first kappa shape index (κ1) is 20.9. The highest BCUT2D eigenvalue weighted by Gasteiger charge is 2.22. The highest BCUT2D eigenvalue weighted by Crippen LogP contribution is 2.33. The predicted molar refractivity (Wildman–Crippen MR) is 109 cm³/mol. The van der Waals surface area contributed by atoms with Gasteiger partial charge < -0.3 is 19.5 Å². The molecule has 0 aliphatic carbocycles. The fourth-order valence-electron chi connectivity index (χ4n) is 3.14. The molecule has 9 nitrogen and oxygen atoms in total. The summed E-state index contributed by atoms with van der Waals surface area (Å²) in [6, 6.07) is 6.49. The van der Waals surface area contributed by atoms with E-state index in [2.05, 4.69) is 20.0 Å². The van der Waals surface area contributed by atoms with E-state index in [0.29, 0.717) is 23.7 Å². The zero-order valence-electron chi connectivity index (χ0n) is 17.1. The third kappa shape index (κ3) is 5.39. The largest absolute Gasteiger partial charge is 0.508 e. The van der Waals surface area contributed by atoms with Crippen LogP contribution in [0.15, 0.2) is 29.4 Å². The number of aryl methyl sites for hydroxylation is 1. The van der Waals surface area contributed by atoms with Crippen molar-refractivity contribution in [3.8, 4) is 11.8 Å². The SMILES string of the molecule is Cc1ccc(O)c(C(N=N)c2cc(N(C)C)nc(OCCN3CCOCC3)n2)c1. The van der Waals surface area contributed by atoms with Crippen molar-refractivity contribution in [2.45, 2.75) is 13.0 Å².